The molecule has 5 heteroatoms. The second-order valence-corrected chi connectivity index (χ2v) is 5.46. The molecule has 0 saturated heterocycles. The van der Waals surface area contributed by atoms with E-state index in [0.29, 0.717) is 22.5 Å². The normalized spacial score (nSPS) is 10.7. The maximum absolute atomic E-state index is 12.2. The fraction of sp³-hybridized carbons (Fsp3) is 0.167. The smallest absolute Gasteiger partial charge is 0.308 e. The van der Waals surface area contributed by atoms with Gasteiger partial charge in [0.2, 0.25) is 0 Å². The van der Waals surface area contributed by atoms with Crippen LogP contribution in [0.15, 0.2) is 41.2 Å². The average molecular weight is 308 g/mol. The van der Waals surface area contributed by atoms with Crippen LogP contribution in [0.25, 0.3) is 22.3 Å². The topological polar surface area (TPSA) is 72.0 Å². The van der Waals surface area contributed by atoms with E-state index in [1.807, 2.05) is 32.0 Å². The third kappa shape index (κ3) is 2.85. The lowest BCUT2D eigenvalue weighted by Crippen LogP contribution is -2.10. The van der Waals surface area contributed by atoms with Crippen LogP contribution in [0.1, 0.15) is 18.1 Å². The highest BCUT2D eigenvalue weighted by Gasteiger charge is 2.13. The second-order valence-electron chi connectivity index (χ2n) is 5.46. The number of esters is 1. The van der Waals surface area contributed by atoms with Crippen molar-refractivity contribution in [3.63, 3.8) is 0 Å². The summed E-state index contributed by atoms with van der Waals surface area (Å²) in [6, 6.07) is 10.7. The number of aromatic amines is 1. The van der Waals surface area contributed by atoms with Gasteiger partial charge in [0, 0.05) is 12.5 Å². The molecule has 0 aliphatic rings. The van der Waals surface area contributed by atoms with E-state index >= 15 is 0 Å². The number of para-hydroxylation sites is 1. The van der Waals surface area contributed by atoms with Crippen molar-refractivity contribution in [2.45, 2.75) is 20.8 Å². The Morgan fingerprint density at radius 2 is 1.78 bits per heavy atom. The van der Waals surface area contributed by atoms with E-state index in [9.17, 15) is 9.59 Å². The van der Waals surface area contributed by atoms with Gasteiger partial charge in [-0.2, -0.15) is 0 Å². The van der Waals surface area contributed by atoms with Gasteiger partial charge in [-0.3, -0.25) is 9.59 Å². The van der Waals surface area contributed by atoms with E-state index in [4.69, 9.17) is 4.74 Å². The van der Waals surface area contributed by atoms with Crippen LogP contribution in [-0.4, -0.2) is 15.9 Å². The van der Waals surface area contributed by atoms with Gasteiger partial charge < -0.3 is 9.72 Å². The van der Waals surface area contributed by atoms with Gasteiger partial charge in [-0.25, -0.2) is 4.98 Å². The summed E-state index contributed by atoms with van der Waals surface area (Å²) in [4.78, 5) is 30.7. The van der Waals surface area contributed by atoms with E-state index < -0.39 is 0 Å². The number of carbonyl (C=O) groups is 1. The molecule has 23 heavy (non-hydrogen) atoms. The number of ether oxygens (including phenoxy) is 1. The molecule has 116 valence electrons. The zero-order chi connectivity index (χ0) is 16.6. The standard InChI is InChI=1S/C18H16N2O3/c1-10-8-13(23-12(3)21)9-11(2)16(10)17-19-15-7-5-4-6-14(15)18(22)20-17/h4-9H,1-3H3,(H,19,20,22). The maximum atomic E-state index is 12.2. The van der Waals surface area contributed by atoms with Crippen molar-refractivity contribution in [2.24, 2.45) is 0 Å². The SMILES string of the molecule is CC(=O)Oc1cc(C)c(-c2nc3ccccc3c(=O)[nH]2)c(C)c1. The Labute approximate surface area is 133 Å². The van der Waals surface area contributed by atoms with E-state index in [-0.39, 0.29) is 11.5 Å². The number of aryl methyl sites for hydroxylation is 2. The fourth-order valence-corrected chi connectivity index (χ4v) is 2.73. The number of hydrogen-bond donors (Lipinski definition) is 1. The lowest BCUT2D eigenvalue weighted by atomic mass is 10.0. The van der Waals surface area contributed by atoms with Crippen LogP contribution in [0.5, 0.6) is 5.75 Å². The Kier molecular flexibility index (Phi) is 3.70. The molecular formula is C18H16N2O3. The first-order valence-corrected chi connectivity index (χ1v) is 7.25. The molecule has 0 bridgehead atoms. The number of benzene rings is 2. The number of fused-ring (bicyclic) bond motifs is 1. The summed E-state index contributed by atoms with van der Waals surface area (Å²) in [6.45, 7) is 5.15. The fourth-order valence-electron chi connectivity index (χ4n) is 2.73. The van der Waals surface area contributed by atoms with Crippen molar-refractivity contribution in [1.82, 2.24) is 9.97 Å². The van der Waals surface area contributed by atoms with Crippen molar-refractivity contribution < 1.29 is 9.53 Å². The van der Waals surface area contributed by atoms with Crippen LogP contribution in [-0.2, 0) is 4.79 Å². The summed E-state index contributed by atoms with van der Waals surface area (Å²) in [5, 5.41) is 0.558. The third-order valence-corrected chi connectivity index (χ3v) is 3.62. The van der Waals surface area contributed by atoms with Crippen molar-refractivity contribution in [3.8, 4) is 17.1 Å². The van der Waals surface area contributed by atoms with Crippen molar-refractivity contribution in [2.75, 3.05) is 0 Å². The summed E-state index contributed by atoms with van der Waals surface area (Å²) in [6.07, 6.45) is 0. The highest BCUT2D eigenvalue weighted by Crippen LogP contribution is 2.29. The highest BCUT2D eigenvalue weighted by molar-refractivity contribution is 5.80. The molecule has 0 aliphatic carbocycles. The molecule has 0 amide bonds. The molecule has 0 saturated carbocycles. The number of nitrogens with one attached hydrogen (secondary N) is 1. The molecule has 3 rings (SSSR count). The molecule has 0 fully saturated rings. The van der Waals surface area contributed by atoms with Crippen LogP contribution in [0.2, 0.25) is 0 Å². The molecule has 1 N–H and O–H groups in total. The summed E-state index contributed by atoms with van der Waals surface area (Å²) in [5.74, 6) is 0.631. The van der Waals surface area contributed by atoms with Crippen LogP contribution >= 0.6 is 0 Å². The molecule has 0 radical (unpaired) electrons. The van der Waals surface area contributed by atoms with Gasteiger partial charge in [0.05, 0.1) is 10.9 Å². The lowest BCUT2D eigenvalue weighted by Gasteiger charge is -2.12. The van der Waals surface area contributed by atoms with Crippen molar-refractivity contribution >= 4 is 16.9 Å². The zero-order valence-electron chi connectivity index (χ0n) is 13.1. The van der Waals surface area contributed by atoms with Crippen LogP contribution in [0.4, 0.5) is 0 Å². The van der Waals surface area contributed by atoms with Crippen molar-refractivity contribution in [1.29, 1.82) is 0 Å². The van der Waals surface area contributed by atoms with E-state index in [2.05, 4.69) is 9.97 Å². The summed E-state index contributed by atoms with van der Waals surface area (Å²) < 4.78 is 5.13. The van der Waals surface area contributed by atoms with Crippen molar-refractivity contribution in [3.05, 3.63) is 57.9 Å². The quantitative estimate of drug-likeness (QED) is 0.583. The van der Waals surface area contributed by atoms with Gasteiger partial charge in [-0.15, -0.1) is 0 Å². The molecule has 1 heterocycles. The Morgan fingerprint density at radius 1 is 1.13 bits per heavy atom. The predicted molar refractivity (Wildman–Crippen MR) is 88.6 cm³/mol. The number of hydrogen-bond acceptors (Lipinski definition) is 4. The minimum absolute atomic E-state index is 0.173. The Morgan fingerprint density at radius 3 is 2.43 bits per heavy atom. The van der Waals surface area contributed by atoms with Gasteiger partial charge >= 0.3 is 5.97 Å². The Balaban J connectivity index is 2.19. The van der Waals surface area contributed by atoms with Gasteiger partial charge in [0.15, 0.2) is 0 Å². The number of carbonyl (C=O) groups excluding carboxylic acids is 1. The first-order valence-electron chi connectivity index (χ1n) is 7.25. The monoisotopic (exact) mass is 308 g/mol. The third-order valence-electron chi connectivity index (χ3n) is 3.62. The van der Waals surface area contributed by atoms with Crippen LogP contribution < -0.4 is 10.3 Å². The average Bonchev–Trinajstić information content (AvgIpc) is 2.46. The Hall–Kier alpha value is -2.95. The van der Waals surface area contributed by atoms with E-state index in [1.165, 1.54) is 6.92 Å². The number of rotatable bonds is 2. The highest BCUT2D eigenvalue weighted by atomic mass is 16.5. The molecule has 0 atom stereocenters. The van der Waals surface area contributed by atoms with Gasteiger partial charge in [0.1, 0.15) is 11.6 Å². The van der Waals surface area contributed by atoms with Gasteiger partial charge in [0.25, 0.3) is 5.56 Å². The first kappa shape index (κ1) is 15.0. The summed E-state index contributed by atoms with van der Waals surface area (Å²) in [5.41, 5.74) is 3.06. The predicted octanol–water partition coefficient (Wildman–Crippen LogP) is 3.13. The van der Waals surface area contributed by atoms with E-state index in [0.717, 1.165) is 16.7 Å². The van der Waals surface area contributed by atoms with Crippen LogP contribution in [0, 0.1) is 13.8 Å². The molecule has 3 aromatic rings. The minimum Gasteiger partial charge on any atom is -0.427 e. The summed E-state index contributed by atoms with van der Waals surface area (Å²) in [7, 11) is 0. The molecule has 0 spiro atoms. The maximum Gasteiger partial charge on any atom is 0.308 e. The molecule has 0 unspecified atom stereocenters. The molecule has 5 nitrogen and oxygen atoms in total. The van der Waals surface area contributed by atoms with Crippen LogP contribution in [0.3, 0.4) is 0 Å². The minimum atomic E-state index is -0.367. The lowest BCUT2D eigenvalue weighted by molar-refractivity contribution is -0.131. The zero-order valence-corrected chi connectivity index (χ0v) is 13.1. The molecule has 1 aromatic heterocycles. The van der Waals surface area contributed by atoms with Gasteiger partial charge in [-0.1, -0.05) is 12.1 Å². The van der Waals surface area contributed by atoms with Gasteiger partial charge in [-0.05, 0) is 49.2 Å². The number of H-pyrrole nitrogens is 1. The first-order chi connectivity index (χ1) is 11.0. The largest absolute Gasteiger partial charge is 0.427 e. The summed E-state index contributed by atoms with van der Waals surface area (Å²) >= 11 is 0. The Bertz CT molecular complexity index is 950. The molecular weight excluding hydrogens is 292 g/mol. The number of nitrogens with zero attached hydrogens (tertiary/aromatic N) is 1. The molecule has 2 aromatic carbocycles. The number of aromatic nitrogens is 2. The molecule has 0 aliphatic heterocycles. The second kappa shape index (κ2) is 5.68. The van der Waals surface area contributed by atoms with E-state index in [1.54, 1.807) is 18.2 Å².